The monoisotopic (exact) mass is 221 g/mol. The summed E-state index contributed by atoms with van der Waals surface area (Å²) in [6, 6.07) is 0.411. The minimum absolute atomic E-state index is 0.179. The molecule has 4 heteroatoms. The number of terminal acetylenes is 1. The van der Waals surface area contributed by atoms with Crippen LogP contribution in [0.4, 0.5) is 0 Å². The average molecular weight is 221 g/mol. The van der Waals surface area contributed by atoms with E-state index < -0.39 is 0 Å². The van der Waals surface area contributed by atoms with Crippen molar-refractivity contribution in [3.8, 4) is 12.3 Å². The van der Waals surface area contributed by atoms with E-state index in [0.717, 1.165) is 6.42 Å². The predicted molar refractivity (Wildman–Crippen MR) is 67.5 cm³/mol. The number of hydrogen-bond donors (Lipinski definition) is 1. The minimum atomic E-state index is 0.179. The number of aliphatic imine (C=N–C) groups is 1. The van der Waals surface area contributed by atoms with E-state index in [9.17, 15) is 0 Å². The van der Waals surface area contributed by atoms with E-state index in [-0.39, 0.29) is 5.92 Å². The standard InChI is InChI=1S/C12H21N4/c1-5-11-6-10(2)16(4)9-15(3)8-14-12(13)7-11/h1,9-11H,6-8H2,2-4H3,(H2,13,14)/q+1. The number of rotatable bonds is 0. The summed E-state index contributed by atoms with van der Waals surface area (Å²) in [6.07, 6.45) is 9.19. The summed E-state index contributed by atoms with van der Waals surface area (Å²) in [6.45, 7) is 2.75. The third-order valence-corrected chi connectivity index (χ3v) is 2.89. The summed E-state index contributed by atoms with van der Waals surface area (Å²) in [5.74, 6) is 3.63. The van der Waals surface area contributed by atoms with Gasteiger partial charge in [-0.1, -0.05) is 0 Å². The van der Waals surface area contributed by atoms with Gasteiger partial charge in [-0.3, -0.25) is 9.48 Å². The Kier molecular flexibility index (Phi) is 4.36. The third kappa shape index (κ3) is 3.58. The van der Waals surface area contributed by atoms with Crippen molar-refractivity contribution < 1.29 is 4.58 Å². The van der Waals surface area contributed by atoms with E-state index in [2.05, 4.69) is 29.8 Å². The van der Waals surface area contributed by atoms with Gasteiger partial charge >= 0.3 is 0 Å². The highest BCUT2D eigenvalue weighted by Gasteiger charge is 2.19. The van der Waals surface area contributed by atoms with Gasteiger partial charge in [-0.25, -0.2) is 4.99 Å². The van der Waals surface area contributed by atoms with Crippen LogP contribution in [0.3, 0.4) is 0 Å². The largest absolute Gasteiger partial charge is 0.387 e. The first kappa shape index (κ1) is 12.6. The molecule has 0 radical (unpaired) electrons. The van der Waals surface area contributed by atoms with E-state index in [1.165, 1.54) is 0 Å². The van der Waals surface area contributed by atoms with Crippen LogP contribution >= 0.6 is 0 Å². The highest BCUT2D eigenvalue weighted by atomic mass is 15.2. The molecule has 1 aliphatic rings. The maximum atomic E-state index is 5.83. The molecule has 88 valence electrons. The molecule has 2 atom stereocenters. The smallest absolute Gasteiger partial charge is 0.235 e. The fraction of sp³-hybridized carbons (Fsp3) is 0.667. The third-order valence-electron chi connectivity index (χ3n) is 2.89. The molecule has 2 N–H and O–H groups in total. The van der Waals surface area contributed by atoms with Crippen molar-refractivity contribution in [2.24, 2.45) is 16.6 Å². The van der Waals surface area contributed by atoms with Crippen LogP contribution in [0.2, 0.25) is 0 Å². The number of amidine groups is 1. The number of hydrogen-bond acceptors (Lipinski definition) is 3. The van der Waals surface area contributed by atoms with E-state index in [1.54, 1.807) is 0 Å². The quantitative estimate of drug-likeness (QED) is 0.473. The molecule has 0 aromatic rings. The van der Waals surface area contributed by atoms with Gasteiger partial charge in [-0.2, -0.15) is 0 Å². The molecule has 0 fully saturated rings. The molecule has 0 spiro atoms. The SMILES string of the molecule is C#CC1CC(N)=NC[N+](C)=CN(C)C(C)C1. The average Bonchev–Trinajstić information content (AvgIpc) is 2.24. The summed E-state index contributed by atoms with van der Waals surface area (Å²) >= 11 is 0. The second kappa shape index (κ2) is 5.55. The number of nitrogens with two attached hydrogens (primary N) is 1. The van der Waals surface area contributed by atoms with Gasteiger partial charge < -0.3 is 5.73 Å². The van der Waals surface area contributed by atoms with Crippen LogP contribution in [-0.2, 0) is 0 Å². The molecule has 1 aliphatic heterocycles. The Morgan fingerprint density at radius 1 is 1.69 bits per heavy atom. The first-order valence-electron chi connectivity index (χ1n) is 5.55. The maximum absolute atomic E-state index is 5.83. The lowest BCUT2D eigenvalue weighted by Gasteiger charge is -2.21. The Labute approximate surface area is 97.8 Å². The lowest BCUT2D eigenvalue weighted by molar-refractivity contribution is -0.495. The molecule has 0 saturated carbocycles. The van der Waals surface area contributed by atoms with Crippen molar-refractivity contribution in [1.29, 1.82) is 0 Å². The molecule has 4 nitrogen and oxygen atoms in total. The zero-order valence-corrected chi connectivity index (χ0v) is 10.3. The number of nitrogens with zero attached hydrogens (tertiary/aromatic N) is 3. The van der Waals surface area contributed by atoms with Gasteiger partial charge in [0.2, 0.25) is 6.34 Å². The molecule has 0 aromatic heterocycles. The van der Waals surface area contributed by atoms with E-state index in [4.69, 9.17) is 12.2 Å². The Bertz CT molecular complexity index is 337. The lowest BCUT2D eigenvalue weighted by atomic mass is 9.97. The van der Waals surface area contributed by atoms with E-state index in [1.807, 2.05) is 18.0 Å². The van der Waals surface area contributed by atoms with Crippen LogP contribution in [0.15, 0.2) is 4.99 Å². The normalized spacial score (nSPS) is 27.8. The Morgan fingerprint density at radius 2 is 2.38 bits per heavy atom. The highest BCUT2D eigenvalue weighted by Crippen LogP contribution is 2.13. The molecule has 0 bridgehead atoms. The van der Waals surface area contributed by atoms with Gasteiger partial charge in [0.15, 0.2) is 6.67 Å². The van der Waals surface area contributed by atoms with Crippen LogP contribution in [0.25, 0.3) is 0 Å². The first-order valence-corrected chi connectivity index (χ1v) is 5.55. The summed E-state index contributed by atoms with van der Waals surface area (Å²) in [5.41, 5.74) is 5.83. The van der Waals surface area contributed by atoms with Crippen molar-refractivity contribution in [3.05, 3.63) is 0 Å². The van der Waals surface area contributed by atoms with Crippen LogP contribution in [0, 0.1) is 18.3 Å². The highest BCUT2D eigenvalue weighted by molar-refractivity contribution is 5.80. The summed E-state index contributed by atoms with van der Waals surface area (Å²) in [4.78, 5) is 6.46. The van der Waals surface area contributed by atoms with Crippen LogP contribution in [-0.4, -0.2) is 48.5 Å². The minimum Gasteiger partial charge on any atom is -0.387 e. The lowest BCUT2D eigenvalue weighted by Crippen LogP contribution is -2.35. The molecule has 0 aliphatic carbocycles. The predicted octanol–water partition coefficient (Wildman–Crippen LogP) is 0.335. The van der Waals surface area contributed by atoms with Crippen molar-refractivity contribution in [2.75, 3.05) is 20.8 Å². The fourth-order valence-corrected chi connectivity index (χ4v) is 1.77. The van der Waals surface area contributed by atoms with Crippen molar-refractivity contribution in [1.82, 2.24) is 4.90 Å². The molecular formula is C12H21N4+. The first-order chi connectivity index (χ1) is 7.52. The Hall–Kier alpha value is -1.50. The molecule has 16 heavy (non-hydrogen) atoms. The molecule has 2 unspecified atom stereocenters. The summed E-state index contributed by atoms with van der Waals surface area (Å²) in [5, 5.41) is 0. The molecule has 0 aromatic carbocycles. The van der Waals surface area contributed by atoms with Crippen molar-refractivity contribution in [2.45, 2.75) is 25.8 Å². The molecule has 1 heterocycles. The second-order valence-electron chi connectivity index (χ2n) is 4.48. The molecule has 0 amide bonds. The van der Waals surface area contributed by atoms with E-state index in [0.29, 0.717) is 25.0 Å². The van der Waals surface area contributed by atoms with Crippen molar-refractivity contribution >= 4 is 12.2 Å². The van der Waals surface area contributed by atoms with Gasteiger partial charge in [0.25, 0.3) is 0 Å². The summed E-state index contributed by atoms with van der Waals surface area (Å²) in [7, 11) is 4.05. The van der Waals surface area contributed by atoms with Gasteiger partial charge in [0.1, 0.15) is 0 Å². The van der Waals surface area contributed by atoms with E-state index >= 15 is 0 Å². The molecular weight excluding hydrogens is 200 g/mol. The zero-order chi connectivity index (χ0) is 12.1. The Morgan fingerprint density at radius 3 is 3.00 bits per heavy atom. The summed E-state index contributed by atoms with van der Waals surface area (Å²) < 4.78 is 2.01. The van der Waals surface area contributed by atoms with Crippen LogP contribution in [0.1, 0.15) is 19.8 Å². The molecule has 1 rings (SSSR count). The van der Waals surface area contributed by atoms with Crippen LogP contribution in [0.5, 0.6) is 0 Å². The zero-order valence-electron chi connectivity index (χ0n) is 10.3. The maximum Gasteiger partial charge on any atom is 0.235 e. The van der Waals surface area contributed by atoms with Gasteiger partial charge in [-0.15, -0.1) is 12.3 Å². The van der Waals surface area contributed by atoms with Gasteiger partial charge in [0, 0.05) is 18.8 Å². The topological polar surface area (TPSA) is 44.6 Å². The fourth-order valence-electron chi connectivity index (χ4n) is 1.77. The van der Waals surface area contributed by atoms with Gasteiger partial charge in [-0.05, 0) is 6.92 Å². The van der Waals surface area contributed by atoms with Gasteiger partial charge in [0.05, 0.1) is 26.0 Å². The van der Waals surface area contributed by atoms with Crippen molar-refractivity contribution in [3.63, 3.8) is 0 Å². The Balaban J connectivity index is 2.87. The van der Waals surface area contributed by atoms with Crippen LogP contribution < -0.4 is 5.73 Å². The second-order valence-corrected chi connectivity index (χ2v) is 4.48. The molecule has 0 saturated heterocycles.